The number of methoxy groups -OCH3 is 1. The van der Waals surface area contributed by atoms with Gasteiger partial charge in [-0.25, -0.2) is 9.97 Å². The van der Waals surface area contributed by atoms with Gasteiger partial charge in [-0.3, -0.25) is 0 Å². The van der Waals surface area contributed by atoms with E-state index in [1.54, 1.807) is 13.3 Å². The number of fused-ring (bicyclic) bond motifs is 1. The van der Waals surface area contributed by atoms with Gasteiger partial charge in [0, 0.05) is 30.2 Å². The summed E-state index contributed by atoms with van der Waals surface area (Å²) in [7, 11) is 5.46. The third-order valence-corrected chi connectivity index (χ3v) is 2.96. The predicted octanol–water partition coefficient (Wildman–Crippen LogP) is 2.47. The topological polar surface area (TPSA) is 38.2 Å². The van der Waals surface area contributed by atoms with Crippen LogP contribution in [0.1, 0.15) is 0 Å². The maximum absolute atomic E-state index is 5.29. The van der Waals surface area contributed by atoms with Gasteiger partial charge in [-0.05, 0) is 12.1 Å². The van der Waals surface area contributed by atoms with E-state index in [0.29, 0.717) is 5.95 Å². The Balaban J connectivity index is 2.74. The molecule has 2 rings (SSSR count). The smallest absolute Gasteiger partial charge is 0.225 e. The summed E-state index contributed by atoms with van der Waals surface area (Å²) in [5.74, 6) is 1.42. The first-order chi connectivity index (χ1) is 7.63. The van der Waals surface area contributed by atoms with Crippen molar-refractivity contribution in [3.63, 3.8) is 0 Å². The molecule has 4 nitrogen and oxygen atoms in total. The fourth-order valence-electron chi connectivity index (χ4n) is 1.43. The maximum Gasteiger partial charge on any atom is 0.225 e. The molecule has 0 unspecified atom stereocenters. The van der Waals surface area contributed by atoms with Gasteiger partial charge in [0.15, 0.2) is 0 Å². The molecule has 0 bridgehead atoms. The van der Waals surface area contributed by atoms with Crippen LogP contribution < -0.4 is 9.64 Å². The number of benzene rings is 1. The molecule has 0 N–H and O–H groups in total. The average molecular weight is 282 g/mol. The zero-order valence-corrected chi connectivity index (χ0v) is 10.9. The van der Waals surface area contributed by atoms with E-state index in [1.807, 2.05) is 31.1 Å². The number of halogens is 1. The summed E-state index contributed by atoms with van der Waals surface area (Å²) in [5.41, 5.74) is 0.815. The zero-order chi connectivity index (χ0) is 11.7. The summed E-state index contributed by atoms with van der Waals surface area (Å²) in [6, 6.07) is 3.82. The molecule has 5 heteroatoms. The van der Waals surface area contributed by atoms with Gasteiger partial charge in [0.1, 0.15) is 11.3 Å². The fourth-order valence-corrected chi connectivity index (χ4v) is 1.86. The summed E-state index contributed by atoms with van der Waals surface area (Å²) in [6.07, 6.45) is 1.80. The predicted molar refractivity (Wildman–Crippen MR) is 68.1 cm³/mol. The average Bonchev–Trinajstić information content (AvgIpc) is 2.29. The lowest BCUT2D eigenvalue weighted by molar-refractivity contribution is 0.419. The molecule has 0 saturated heterocycles. The molecule has 2 aromatic rings. The van der Waals surface area contributed by atoms with Gasteiger partial charge in [-0.1, -0.05) is 15.9 Å². The van der Waals surface area contributed by atoms with Gasteiger partial charge < -0.3 is 9.64 Å². The van der Waals surface area contributed by atoms with E-state index in [1.165, 1.54) is 0 Å². The summed E-state index contributed by atoms with van der Waals surface area (Å²) in [4.78, 5) is 10.6. The monoisotopic (exact) mass is 281 g/mol. The number of ether oxygens (including phenoxy) is 1. The highest BCUT2D eigenvalue weighted by molar-refractivity contribution is 9.10. The van der Waals surface area contributed by atoms with Crippen molar-refractivity contribution in [2.24, 2.45) is 0 Å². The van der Waals surface area contributed by atoms with E-state index in [4.69, 9.17) is 4.74 Å². The first kappa shape index (κ1) is 11.1. The normalized spacial score (nSPS) is 10.5. The summed E-state index contributed by atoms with van der Waals surface area (Å²) in [6.45, 7) is 0. The highest BCUT2D eigenvalue weighted by Gasteiger charge is 2.09. The Kier molecular flexibility index (Phi) is 2.96. The highest BCUT2D eigenvalue weighted by Crippen LogP contribution is 2.30. The number of rotatable bonds is 2. The molecule has 0 fully saturated rings. The third-order valence-electron chi connectivity index (χ3n) is 2.27. The van der Waals surface area contributed by atoms with Crippen LogP contribution in [-0.4, -0.2) is 31.2 Å². The molecule has 0 amide bonds. The van der Waals surface area contributed by atoms with Crippen LogP contribution in [0.3, 0.4) is 0 Å². The van der Waals surface area contributed by atoms with E-state index < -0.39 is 0 Å². The lowest BCUT2D eigenvalue weighted by atomic mass is 10.2. The SMILES string of the molecule is COc1ccc(Br)c2cnc(N(C)C)nc12. The zero-order valence-electron chi connectivity index (χ0n) is 9.36. The van der Waals surface area contributed by atoms with Gasteiger partial charge in [0.2, 0.25) is 5.95 Å². The summed E-state index contributed by atoms with van der Waals surface area (Å²) < 4.78 is 6.25. The largest absolute Gasteiger partial charge is 0.494 e. The van der Waals surface area contributed by atoms with Crippen LogP contribution in [0.4, 0.5) is 5.95 Å². The van der Waals surface area contributed by atoms with Crippen LogP contribution in [0.25, 0.3) is 10.9 Å². The Morgan fingerprint density at radius 1 is 1.31 bits per heavy atom. The van der Waals surface area contributed by atoms with Gasteiger partial charge in [-0.15, -0.1) is 0 Å². The molecule has 0 aliphatic heterocycles. The quantitative estimate of drug-likeness (QED) is 0.848. The first-order valence-corrected chi connectivity index (χ1v) is 5.59. The van der Waals surface area contributed by atoms with Crippen LogP contribution >= 0.6 is 15.9 Å². The van der Waals surface area contributed by atoms with E-state index in [0.717, 1.165) is 21.1 Å². The molecule has 0 aliphatic rings. The molecule has 0 saturated carbocycles. The van der Waals surface area contributed by atoms with Crippen molar-refractivity contribution in [3.05, 3.63) is 22.8 Å². The molecule has 0 radical (unpaired) electrons. The van der Waals surface area contributed by atoms with E-state index >= 15 is 0 Å². The first-order valence-electron chi connectivity index (χ1n) is 4.80. The van der Waals surface area contributed by atoms with Crippen LogP contribution in [0.5, 0.6) is 5.75 Å². The second kappa shape index (κ2) is 4.25. The third kappa shape index (κ3) is 1.82. The standard InChI is InChI=1S/C11H12BrN3O/c1-15(2)11-13-6-7-8(12)4-5-9(16-3)10(7)14-11/h4-6H,1-3H3. The summed E-state index contributed by atoms with van der Waals surface area (Å²) in [5, 5.41) is 0.949. The van der Waals surface area contributed by atoms with Crippen molar-refractivity contribution in [3.8, 4) is 5.75 Å². The summed E-state index contributed by atoms with van der Waals surface area (Å²) >= 11 is 3.47. The molecule has 0 spiro atoms. The number of hydrogen-bond acceptors (Lipinski definition) is 4. The second-order valence-electron chi connectivity index (χ2n) is 3.58. The van der Waals surface area contributed by atoms with Gasteiger partial charge in [0.25, 0.3) is 0 Å². The minimum atomic E-state index is 0.670. The highest BCUT2D eigenvalue weighted by atomic mass is 79.9. The number of hydrogen-bond donors (Lipinski definition) is 0. The molecule has 16 heavy (non-hydrogen) atoms. The molecule has 0 aliphatic carbocycles. The minimum absolute atomic E-state index is 0.670. The minimum Gasteiger partial charge on any atom is -0.494 e. The van der Waals surface area contributed by atoms with Crippen molar-refractivity contribution in [1.29, 1.82) is 0 Å². The lowest BCUT2D eigenvalue weighted by Gasteiger charge is -2.12. The van der Waals surface area contributed by atoms with Crippen molar-refractivity contribution < 1.29 is 4.74 Å². The number of aromatic nitrogens is 2. The van der Waals surface area contributed by atoms with Crippen molar-refractivity contribution in [1.82, 2.24) is 9.97 Å². The Morgan fingerprint density at radius 3 is 2.69 bits per heavy atom. The Hall–Kier alpha value is -1.36. The Morgan fingerprint density at radius 2 is 2.06 bits per heavy atom. The molecule has 0 atom stereocenters. The van der Waals surface area contributed by atoms with E-state index in [9.17, 15) is 0 Å². The van der Waals surface area contributed by atoms with Crippen LogP contribution in [0.15, 0.2) is 22.8 Å². The van der Waals surface area contributed by atoms with Crippen LogP contribution in [-0.2, 0) is 0 Å². The van der Waals surface area contributed by atoms with Crippen molar-refractivity contribution >= 4 is 32.8 Å². The van der Waals surface area contributed by atoms with Crippen LogP contribution in [0, 0.1) is 0 Å². The fraction of sp³-hybridized carbons (Fsp3) is 0.273. The molecule has 1 aromatic heterocycles. The number of anilines is 1. The van der Waals surface area contributed by atoms with Crippen molar-refractivity contribution in [2.75, 3.05) is 26.1 Å². The Bertz CT molecular complexity index is 528. The molecule has 84 valence electrons. The van der Waals surface area contributed by atoms with E-state index in [-0.39, 0.29) is 0 Å². The van der Waals surface area contributed by atoms with Crippen molar-refractivity contribution in [2.45, 2.75) is 0 Å². The Labute approximate surface area is 102 Å². The molecular formula is C11H12BrN3O. The number of nitrogens with zero attached hydrogens (tertiary/aromatic N) is 3. The maximum atomic E-state index is 5.29. The molecular weight excluding hydrogens is 270 g/mol. The van der Waals surface area contributed by atoms with Gasteiger partial charge >= 0.3 is 0 Å². The van der Waals surface area contributed by atoms with Gasteiger partial charge in [-0.2, -0.15) is 0 Å². The van der Waals surface area contributed by atoms with Gasteiger partial charge in [0.05, 0.1) is 7.11 Å². The molecule has 1 aromatic carbocycles. The van der Waals surface area contributed by atoms with E-state index in [2.05, 4.69) is 25.9 Å². The van der Waals surface area contributed by atoms with Crippen LogP contribution in [0.2, 0.25) is 0 Å². The lowest BCUT2D eigenvalue weighted by Crippen LogP contribution is -2.12. The second-order valence-corrected chi connectivity index (χ2v) is 4.43. The molecule has 1 heterocycles.